The summed E-state index contributed by atoms with van der Waals surface area (Å²) >= 11 is -0.556. The number of hydrogen-bond acceptors (Lipinski definition) is 2. The van der Waals surface area contributed by atoms with Crippen LogP contribution < -0.4 is 0 Å². The van der Waals surface area contributed by atoms with Crippen molar-refractivity contribution in [2.75, 3.05) is 0 Å². The molecule has 0 aliphatic carbocycles. The molecular formula is C24H18Cl2N4Ti-2. The van der Waals surface area contributed by atoms with Gasteiger partial charge in [0.1, 0.15) is 0 Å². The number of fused-ring (bicyclic) bond motifs is 2. The van der Waals surface area contributed by atoms with Gasteiger partial charge in [0.2, 0.25) is 0 Å². The zero-order chi connectivity index (χ0) is 21.5. The van der Waals surface area contributed by atoms with Crippen molar-refractivity contribution in [3.8, 4) is 11.4 Å². The molecule has 6 aromatic rings. The molecule has 0 unspecified atom stereocenters. The van der Waals surface area contributed by atoms with Gasteiger partial charge in [-0.15, -0.1) is 82.2 Å². The Morgan fingerprint density at radius 2 is 1.06 bits per heavy atom. The second-order valence-electron chi connectivity index (χ2n) is 6.66. The van der Waals surface area contributed by atoms with Crippen LogP contribution in [-0.2, 0) is 17.0 Å². The second kappa shape index (κ2) is 10.6. The summed E-state index contributed by atoms with van der Waals surface area (Å²) in [7, 11) is 9.78. The molecule has 0 amide bonds. The molecule has 0 saturated heterocycles. The maximum Gasteiger partial charge on any atom is 0.0493 e. The first-order valence-corrected chi connectivity index (χ1v) is 13.9. The van der Waals surface area contributed by atoms with Crippen molar-refractivity contribution < 1.29 is 17.0 Å². The first-order chi connectivity index (χ1) is 15.3. The van der Waals surface area contributed by atoms with Gasteiger partial charge in [0.25, 0.3) is 0 Å². The summed E-state index contributed by atoms with van der Waals surface area (Å²) in [6.45, 7) is 0. The van der Waals surface area contributed by atoms with E-state index in [1.165, 1.54) is 21.5 Å². The number of hydrogen-bond donors (Lipinski definition) is 0. The molecule has 6 rings (SSSR count). The monoisotopic (exact) mass is 480 g/mol. The molecule has 154 valence electrons. The molecule has 0 aliphatic heterocycles. The number of rotatable bonds is 2. The van der Waals surface area contributed by atoms with Gasteiger partial charge in [-0.2, -0.15) is 10.2 Å². The summed E-state index contributed by atoms with van der Waals surface area (Å²) in [5, 5.41) is 13.4. The van der Waals surface area contributed by atoms with Crippen LogP contribution in [0.25, 0.3) is 32.9 Å². The largest absolute Gasteiger partial charge is 0.260 e. The van der Waals surface area contributed by atoms with Gasteiger partial charge < -0.3 is 0 Å². The summed E-state index contributed by atoms with van der Waals surface area (Å²) in [5.74, 6) is 0. The number of benzene rings is 2. The minimum absolute atomic E-state index is 0.556. The molecule has 7 heteroatoms. The molecule has 0 aliphatic rings. The summed E-state index contributed by atoms with van der Waals surface area (Å²) in [6, 6.07) is 29.1. The zero-order valence-electron chi connectivity index (χ0n) is 16.4. The fourth-order valence-electron chi connectivity index (χ4n) is 3.38. The van der Waals surface area contributed by atoms with Crippen LogP contribution in [0.4, 0.5) is 0 Å². The van der Waals surface area contributed by atoms with Gasteiger partial charge in [0.05, 0.1) is 0 Å². The molecule has 2 aromatic heterocycles. The van der Waals surface area contributed by atoms with E-state index in [0.29, 0.717) is 0 Å². The minimum atomic E-state index is -0.556. The fraction of sp³-hybridized carbons (Fsp3) is 0. The van der Waals surface area contributed by atoms with Crippen molar-refractivity contribution >= 4 is 40.2 Å². The first kappa shape index (κ1) is 21.6. The summed E-state index contributed by atoms with van der Waals surface area (Å²) in [4.78, 5) is 0. The smallest absolute Gasteiger partial charge is 0.0493 e. The Bertz CT molecular complexity index is 1160. The van der Waals surface area contributed by atoms with E-state index >= 15 is 0 Å². The van der Waals surface area contributed by atoms with Crippen LogP contribution in [-0.4, -0.2) is 19.6 Å². The Balaban J connectivity index is 0.000000133. The van der Waals surface area contributed by atoms with Gasteiger partial charge >= 0.3 is 35.6 Å². The second-order valence-corrected chi connectivity index (χ2v) is 9.24. The Labute approximate surface area is 197 Å². The van der Waals surface area contributed by atoms with Crippen LogP contribution in [0.2, 0.25) is 0 Å². The zero-order valence-corrected chi connectivity index (χ0v) is 19.5. The van der Waals surface area contributed by atoms with Gasteiger partial charge in [0, 0.05) is 24.8 Å². The van der Waals surface area contributed by atoms with Crippen molar-refractivity contribution in [2.45, 2.75) is 0 Å². The molecular weight excluding hydrogens is 463 g/mol. The average Bonchev–Trinajstić information content (AvgIpc) is 3.60. The third-order valence-corrected chi connectivity index (χ3v) is 4.74. The topological polar surface area (TPSA) is 35.6 Å². The maximum atomic E-state index is 4.89. The van der Waals surface area contributed by atoms with Crippen molar-refractivity contribution in [3.63, 3.8) is 0 Å². The molecule has 4 aromatic carbocycles. The van der Waals surface area contributed by atoms with E-state index in [1.54, 1.807) is 12.4 Å². The van der Waals surface area contributed by atoms with Crippen LogP contribution in [0.15, 0.2) is 110 Å². The van der Waals surface area contributed by atoms with Crippen LogP contribution >= 0.6 is 18.6 Å². The maximum absolute atomic E-state index is 4.89. The fourth-order valence-corrected chi connectivity index (χ4v) is 3.38. The predicted octanol–water partition coefficient (Wildman–Crippen LogP) is 6.87. The van der Waals surface area contributed by atoms with E-state index in [2.05, 4.69) is 83.0 Å². The summed E-state index contributed by atoms with van der Waals surface area (Å²) in [5.41, 5.74) is 2.24. The van der Waals surface area contributed by atoms with Crippen molar-refractivity contribution in [1.29, 1.82) is 0 Å². The molecule has 0 bridgehead atoms. The third-order valence-electron chi connectivity index (χ3n) is 4.74. The summed E-state index contributed by atoms with van der Waals surface area (Å²) < 4.78 is 3.75. The normalized spacial score (nSPS) is 10.3. The van der Waals surface area contributed by atoms with Crippen molar-refractivity contribution in [1.82, 2.24) is 19.6 Å². The van der Waals surface area contributed by atoms with Gasteiger partial charge in [-0.05, 0) is 23.5 Å². The van der Waals surface area contributed by atoms with Gasteiger partial charge in [-0.25, -0.2) is 0 Å². The Morgan fingerprint density at radius 3 is 1.42 bits per heavy atom. The average molecular weight is 481 g/mol. The third kappa shape index (κ3) is 5.35. The molecule has 4 nitrogen and oxygen atoms in total. The van der Waals surface area contributed by atoms with E-state index in [4.69, 9.17) is 18.6 Å². The predicted molar refractivity (Wildman–Crippen MR) is 125 cm³/mol. The number of nitrogens with zero attached hydrogens (tertiary/aromatic N) is 4. The van der Waals surface area contributed by atoms with Crippen LogP contribution in [0.5, 0.6) is 0 Å². The SMILES string of the molecule is [Cl][Ti][Cl].c1ccc2[cH-]c(-n3cccn3)cc2c1.c1ccc2[cH-]c(-n3cccn3)cc2c1. The molecule has 0 radical (unpaired) electrons. The Morgan fingerprint density at radius 1 is 0.645 bits per heavy atom. The molecule has 0 atom stereocenters. The first-order valence-electron chi connectivity index (χ1n) is 9.56. The van der Waals surface area contributed by atoms with Gasteiger partial charge in [-0.1, -0.05) is 12.1 Å². The van der Waals surface area contributed by atoms with E-state index in [9.17, 15) is 0 Å². The van der Waals surface area contributed by atoms with E-state index in [-0.39, 0.29) is 0 Å². The Kier molecular flexibility index (Phi) is 7.39. The molecule has 0 fully saturated rings. The molecule has 2 heterocycles. The summed E-state index contributed by atoms with van der Waals surface area (Å²) in [6.07, 6.45) is 7.48. The standard InChI is InChI=1S/2C12H9N2.2ClH.Ti/c2*1-2-5-11-9-12(8-10(11)4-1)14-7-3-6-13-14;;;/h2*1-9H;2*1H;/q2*-1;;;+2/p-2. The van der Waals surface area contributed by atoms with Crippen LogP contribution in [0.3, 0.4) is 0 Å². The minimum Gasteiger partial charge on any atom is -0.260 e. The van der Waals surface area contributed by atoms with Crippen LogP contribution in [0.1, 0.15) is 0 Å². The van der Waals surface area contributed by atoms with Crippen LogP contribution in [0, 0.1) is 0 Å². The molecule has 0 spiro atoms. The Hall–Kier alpha value is -2.63. The number of aromatic nitrogens is 4. The molecule has 31 heavy (non-hydrogen) atoms. The van der Waals surface area contributed by atoms with E-state index < -0.39 is 17.0 Å². The van der Waals surface area contributed by atoms with Crippen molar-refractivity contribution in [3.05, 3.63) is 110 Å². The molecule has 0 saturated carbocycles. The van der Waals surface area contributed by atoms with Crippen molar-refractivity contribution in [2.24, 2.45) is 0 Å². The van der Waals surface area contributed by atoms with Gasteiger partial charge in [-0.3, -0.25) is 9.36 Å². The van der Waals surface area contributed by atoms with Gasteiger partial charge in [0.15, 0.2) is 0 Å². The molecule has 0 N–H and O–H groups in total. The van der Waals surface area contributed by atoms with E-state index in [1.807, 2.05) is 33.9 Å². The quantitative estimate of drug-likeness (QED) is 0.200. The number of halogens is 2. The van der Waals surface area contributed by atoms with E-state index in [0.717, 1.165) is 11.4 Å².